The molecule has 4 amide bonds. The summed E-state index contributed by atoms with van der Waals surface area (Å²) in [5.74, 6) is -1.25. The number of nitrogens with zero attached hydrogens (tertiary/aromatic N) is 1. The molecule has 0 aromatic heterocycles. The third-order valence-electron chi connectivity index (χ3n) is 3.93. The number of barbiturate groups is 1. The number of urea groups is 1. The molecule has 0 unspecified atom stereocenters. The van der Waals surface area contributed by atoms with Crippen molar-refractivity contribution < 1.29 is 19.1 Å². The lowest BCUT2D eigenvalue weighted by molar-refractivity contribution is -0.122. The van der Waals surface area contributed by atoms with Crippen LogP contribution in [0.4, 0.5) is 10.5 Å². The van der Waals surface area contributed by atoms with Crippen molar-refractivity contribution in [3.05, 3.63) is 63.1 Å². The zero-order chi connectivity index (χ0) is 19.7. The largest absolute Gasteiger partial charge is 0.494 e. The second-order valence-corrected chi connectivity index (χ2v) is 6.63. The van der Waals surface area contributed by atoms with Crippen LogP contribution in [0, 0.1) is 6.92 Å². The van der Waals surface area contributed by atoms with Crippen LogP contribution in [0.15, 0.2) is 42.0 Å². The fourth-order valence-corrected chi connectivity index (χ4v) is 3.27. The van der Waals surface area contributed by atoms with Crippen LogP contribution in [0.2, 0.25) is 10.0 Å². The van der Waals surface area contributed by atoms with Crippen molar-refractivity contribution in [1.82, 2.24) is 5.32 Å². The molecule has 0 saturated carbocycles. The number of methoxy groups -OCH3 is 1. The fourth-order valence-electron chi connectivity index (χ4n) is 2.61. The first kappa shape index (κ1) is 18.9. The molecule has 0 radical (unpaired) electrons. The number of aryl methyl sites for hydroxylation is 1. The van der Waals surface area contributed by atoms with Crippen LogP contribution in [0.5, 0.6) is 5.75 Å². The summed E-state index contributed by atoms with van der Waals surface area (Å²) in [5.41, 5.74) is 1.53. The highest BCUT2D eigenvalue weighted by Gasteiger charge is 2.36. The Hall–Kier alpha value is -2.83. The molecule has 2 aromatic rings. The van der Waals surface area contributed by atoms with E-state index in [-0.39, 0.29) is 21.4 Å². The molecule has 27 heavy (non-hydrogen) atoms. The number of halogens is 2. The molecule has 0 bridgehead atoms. The van der Waals surface area contributed by atoms with Gasteiger partial charge in [-0.25, -0.2) is 9.69 Å². The second kappa shape index (κ2) is 7.42. The van der Waals surface area contributed by atoms with Gasteiger partial charge in [0.1, 0.15) is 5.57 Å². The van der Waals surface area contributed by atoms with Gasteiger partial charge >= 0.3 is 6.03 Å². The molecule has 3 rings (SSSR count). The molecule has 0 atom stereocenters. The summed E-state index contributed by atoms with van der Waals surface area (Å²) in [4.78, 5) is 38.1. The Kier molecular flexibility index (Phi) is 5.21. The Morgan fingerprint density at radius 2 is 1.63 bits per heavy atom. The quantitative estimate of drug-likeness (QED) is 0.619. The van der Waals surface area contributed by atoms with E-state index in [9.17, 15) is 14.4 Å². The van der Waals surface area contributed by atoms with E-state index in [1.807, 2.05) is 6.92 Å². The van der Waals surface area contributed by atoms with Gasteiger partial charge in [-0.2, -0.15) is 0 Å². The molecule has 138 valence electrons. The molecule has 1 saturated heterocycles. The minimum Gasteiger partial charge on any atom is -0.494 e. The van der Waals surface area contributed by atoms with E-state index >= 15 is 0 Å². The molecular weight excluding hydrogens is 391 g/mol. The van der Waals surface area contributed by atoms with E-state index in [4.69, 9.17) is 27.9 Å². The predicted molar refractivity (Wildman–Crippen MR) is 103 cm³/mol. The minimum atomic E-state index is -0.809. The van der Waals surface area contributed by atoms with Crippen LogP contribution in [-0.4, -0.2) is 25.0 Å². The van der Waals surface area contributed by atoms with Crippen molar-refractivity contribution in [2.45, 2.75) is 6.92 Å². The highest BCUT2D eigenvalue weighted by molar-refractivity contribution is 6.40. The van der Waals surface area contributed by atoms with Crippen LogP contribution in [0.3, 0.4) is 0 Å². The van der Waals surface area contributed by atoms with Gasteiger partial charge < -0.3 is 4.74 Å². The standard InChI is InChI=1S/C19H14Cl2N2O4/c1-10-3-5-12(6-4-10)23-18(25)13(17(24)22-19(23)26)7-11-8-14(20)16(27-2)15(21)9-11/h3-9H,1-2H3,(H,22,24,26)/b13-7+. The Labute approximate surface area is 165 Å². The van der Waals surface area contributed by atoms with Crippen molar-refractivity contribution in [2.24, 2.45) is 0 Å². The third kappa shape index (κ3) is 3.67. The predicted octanol–water partition coefficient (Wildman–Crippen LogP) is 3.98. The van der Waals surface area contributed by atoms with Gasteiger partial charge in [-0.05, 0) is 42.8 Å². The summed E-state index contributed by atoms with van der Waals surface area (Å²) in [6.07, 6.45) is 1.32. The number of benzene rings is 2. The summed E-state index contributed by atoms with van der Waals surface area (Å²) in [7, 11) is 1.43. The molecule has 1 aliphatic rings. The lowest BCUT2D eigenvalue weighted by Crippen LogP contribution is -2.54. The topological polar surface area (TPSA) is 75.7 Å². The molecule has 0 spiro atoms. The van der Waals surface area contributed by atoms with Gasteiger partial charge in [0.15, 0.2) is 5.75 Å². The zero-order valence-corrected chi connectivity index (χ0v) is 15.9. The molecule has 8 heteroatoms. The number of rotatable bonds is 3. The zero-order valence-electron chi connectivity index (χ0n) is 14.4. The van der Waals surface area contributed by atoms with Crippen molar-refractivity contribution in [1.29, 1.82) is 0 Å². The molecule has 1 heterocycles. The number of carbonyl (C=O) groups is 3. The highest BCUT2D eigenvalue weighted by atomic mass is 35.5. The monoisotopic (exact) mass is 404 g/mol. The normalized spacial score (nSPS) is 15.9. The van der Waals surface area contributed by atoms with E-state index in [2.05, 4.69) is 5.32 Å². The first-order chi connectivity index (χ1) is 12.8. The molecular formula is C19H14Cl2N2O4. The number of hydrogen-bond acceptors (Lipinski definition) is 4. The number of ether oxygens (including phenoxy) is 1. The van der Waals surface area contributed by atoms with Crippen LogP contribution < -0.4 is 15.0 Å². The fraction of sp³-hybridized carbons (Fsp3) is 0.105. The number of nitrogens with one attached hydrogen (secondary N) is 1. The Morgan fingerprint density at radius 1 is 1.04 bits per heavy atom. The van der Waals surface area contributed by atoms with Gasteiger partial charge in [0, 0.05) is 0 Å². The maximum absolute atomic E-state index is 12.8. The highest BCUT2D eigenvalue weighted by Crippen LogP contribution is 2.34. The molecule has 1 aliphatic heterocycles. The minimum absolute atomic E-state index is 0.215. The molecule has 1 N–H and O–H groups in total. The van der Waals surface area contributed by atoms with Crippen LogP contribution in [-0.2, 0) is 9.59 Å². The van der Waals surface area contributed by atoms with E-state index < -0.39 is 17.8 Å². The number of carbonyl (C=O) groups excluding carboxylic acids is 3. The smallest absolute Gasteiger partial charge is 0.335 e. The van der Waals surface area contributed by atoms with Crippen molar-refractivity contribution in [3.63, 3.8) is 0 Å². The van der Waals surface area contributed by atoms with Crippen LogP contribution in [0.1, 0.15) is 11.1 Å². The van der Waals surface area contributed by atoms with Crippen molar-refractivity contribution in [3.8, 4) is 5.75 Å². The van der Waals surface area contributed by atoms with Gasteiger partial charge in [0.2, 0.25) is 0 Å². The Bertz CT molecular complexity index is 961. The van der Waals surface area contributed by atoms with Gasteiger partial charge in [0.25, 0.3) is 11.8 Å². The maximum atomic E-state index is 12.8. The van der Waals surface area contributed by atoms with Gasteiger partial charge in [-0.15, -0.1) is 0 Å². The molecule has 0 aliphatic carbocycles. The first-order valence-electron chi connectivity index (χ1n) is 7.83. The molecule has 2 aromatic carbocycles. The molecule has 1 fully saturated rings. The lowest BCUT2D eigenvalue weighted by Gasteiger charge is -2.26. The maximum Gasteiger partial charge on any atom is 0.335 e. The van der Waals surface area contributed by atoms with E-state index in [0.29, 0.717) is 11.3 Å². The third-order valence-corrected chi connectivity index (χ3v) is 4.49. The summed E-state index contributed by atoms with van der Waals surface area (Å²) < 4.78 is 5.08. The van der Waals surface area contributed by atoms with Gasteiger partial charge in [0.05, 0.1) is 22.8 Å². The van der Waals surface area contributed by atoms with Crippen LogP contribution >= 0.6 is 23.2 Å². The van der Waals surface area contributed by atoms with Crippen LogP contribution in [0.25, 0.3) is 6.08 Å². The van der Waals surface area contributed by atoms with E-state index in [1.54, 1.807) is 24.3 Å². The van der Waals surface area contributed by atoms with E-state index in [1.165, 1.54) is 25.3 Å². The summed E-state index contributed by atoms with van der Waals surface area (Å²) in [5, 5.41) is 2.62. The van der Waals surface area contributed by atoms with Crippen molar-refractivity contribution >= 4 is 52.8 Å². The lowest BCUT2D eigenvalue weighted by atomic mass is 10.1. The number of hydrogen-bond donors (Lipinski definition) is 1. The SMILES string of the molecule is COc1c(Cl)cc(/C=C2\C(=O)NC(=O)N(c3ccc(C)cc3)C2=O)cc1Cl. The summed E-state index contributed by atoms with van der Waals surface area (Å²) in [6, 6.07) is 8.98. The number of anilines is 1. The Morgan fingerprint density at radius 3 is 2.19 bits per heavy atom. The summed E-state index contributed by atoms with van der Waals surface area (Å²) in [6.45, 7) is 1.88. The average molecular weight is 405 g/mol. The average Bonchev–Trinajstić information content (AvgIpc) is 2.60. The van der Waals surface area contributed by atoms with Crippen molar-refractivity contribution in [2.75, 3.05) is 12.0 Å². The van der Waals surface area contributed by atoms with Gasteiger partial charge in [-0.1, -0.05) is 40.9 Å². The summed E-state index contributed by atoms with van der Waals surface area (Å²) >= 11 is 12.2. The van der Waals surface area contributed by atoms with Gasteiger partial charge in [-0.3, -0.25) is 14.9 Å². The molecule has 6 nitrogen and oxygen atoms in total. The second-order valence-electron chi connectivity index (χ2n) is 5.81. The Balaban J connectivity index is 2.03. The van der Waals surface area contributed by atoms with E-state index in [0.717, 1.165) is 10.5 Å². The number of imide groups is 2. The number of amides is 4. The first-order valence-corrected chi connectivity index (χ1v) is 8.58.